The van der Waals surface area contributed by atoms with E-state index < -0.39 is 0 Å². The third kappa shape index (κ3) is 2.37. The fourth-order valence-electron chi connectivity index (χ4n) is 2.39. The standard InChI is InChI=1S/C15H14ClN5O/c1-2-8-20-11-12(16)18-14(17)19-13(11)21(15(20)22)9-10-6-4-3-5-7-10/h2-7H,1,8-9H2,(H2,17,18,19). The van der Waals surface area contributed by atoms with Crippen LogP contribution in [0, 0.1) is 0 Å². The van der Waals surface area contributed by atoms with Gasteiger partial charge in [0.05, 0.1) is 6.54 Å². The second-order valence-corrected chi connectivity index (χ2v) is 5.16. The number of nitrogen functional groups attached to an aromatic ring is 1. The van der Waals surface area contributed by atoms with E-state index in [-0.39, 0.29) is 16.8 Å². The average molecular weight is 316 g/mol. The maximum absolute atomic E-state index is 12.7. The number of allylic oxidation sites excluding steroid dienone is 1. The first-order valence-electron chi connectivity index (χ1n) is 6.68. The van der Waals surface area contributed by atoms with Crippen LogP contribution in [0.4, 0.5) is 5.95 Å². The first-order chi connectivity index (χ1) is 10.6. The van der Waals surface area contributed by atoms with Gasteiger partial charge in [-0.3, -0.25) is 9.13 Å². The lowest BCUT2D eigenvalue weighted by Gasteiger charge is -2.03. The summed E-state index contributed by atoms with van der Waals surface area (Å²) in [5, 5.41) is 0.160. The molecule has 2 aromatic heterocycles. The van der Waals surface area contributed by atoms with Crippen molar-refractivity contribution < 1.29 is 0 Å². The molecule has 0 aliphatic rings. The van der Waals surface area contributed by atoms with Gasteiger partial charge in [-0.05, 0) is 5.56 Å². The summed E-state index contributed by atoms with van der Waals surface area (Å²) in [4.78, 5) is 20.8. The lowest BCUT2D eigenvalue weighted by atomic mass is 10.2. The number of anilines is 1. The fourth-order valence-corrected chi connectivity index (χ4v) is 2.66. The van der Waals surface area contributed by atoms with Gasteiger partial charge in [-0.1, -0.05) is 48.0 Å². The van der Waals surface area contributed by atoms with E-state index in [9.17, 15) is 4.79 Å². The molecule has 0 spiro atoms. The molecular weight excluding hydrogens is 302 g/mol. The molecule has 0 bridgehead atoms. The zero-order valence-corrected chi connectivity index (χ0v) is 12.5. The van der Waals surface area contributed by atoms with Crippen LogP contribution in [-0.2, 0) is 13.1 Å². The van der Waals surface area contributed by atoms with Crippen LogP contribution in [0.2, 0.25) is 5.15 Å². The number of hydrogen-bond acceptors (Lipinski definition) is 4. The van der Waals surface area contributed by atoms with E-state index in [1.807, 2.05) is 30.3 Å². The van der Waals surface area contributed by atoms with Gasteiger partial charge in [0.25, 0.3) is 0 Å². The summed E-state index contributed by atoms with van der Waals surface area (Å²) in [7, 11) is 0. The molecule has 2 N–H and O–H groups in total. The first-order valence-corrected chi connectivity index (χ1v) is 7.06. The Morgan fingerprint density at radius 1 is 1.23 bits per heavy atom. The molecule has 1 aromatic carbocycles. The number of fused-ring (bicyclic) bond motifs is 1. The largest absolute Gasteiger partial charge is 0.368 e. The molecule has 0 aliphatic heterocycles. The van der Waals surface area contributed by atoms with Crippen molar-refractivity contribution in [3.8, 4) is 0 Å². The molecule has 0 unspecified atom stereocenters. The van der Waals surface area contributed by atoms with Crippen molar-refractivity contribution >= 4 is 28.7 Å². The van der Waals surface area contributed by atoms with Crippen LogP contribution in [0.5, 0.6) is 0 Å². The van der Waals surface area contributed by atoms with E-state index in [0.717, 1.165) is 5.56 Å². The molecule has 3 aromatic rings. The number of nitrogens with two attached hydrogens (primary N) is 1. The predicted octanol–water partition coefficient (Wildman–Crippen LogP) is 2.06. The highest BCUT2D eigenvalue weighted by Crippen LogP contribution is 2.21. The molecule has 0 aliphatic carbocycles. The lowest BCUT2D eigenvalue weighted by Crippen LogP contribution is -2.24. The number of halogens is 1. The Bertz CT molecular complexity index is 898. The van der Waals surface area contributed by atoms with Crippen molar-refractivity contribution in [3.63, 3.8) is 0 Å². The van der Waals surface area contributed by atoms with Gasteiger partial charge in [0.1, 0.15) is 5.52 Å². The Hall–Kier alpha value is -2.60. The van der Waals surface area contributed by atoms with Gasteiger partial charge in [-0.2, -0.15) is 9.97 Å². The number of imidazole rings is 1. The molecule has 6 nitrogen and oxygen atoms in total. The molecule has 0 saturated heterocycles. The van der Waals surface area contributed by atoms with Crippen molar-refractivity contribution in [2.45, 2.75) is 13.1 Å². The zero-order valence-electron chi connectivity index (χ0n) is 11.7. The summed E-state index contributed by atoms with van der Waals surface area (Å²) >= 11 is 6.15. The second-order valence-electron chi connectivity index (χ2n) is 4.80. The van der Waals surface area contributed by atoms with Gasteiger partial charge in [0.15, 0.2) is 10.8 Å². The van der Waals surface area contributed by atoms with E-state index in [0.29, 0.717) is 24.3 Å². The third-order valence-corrected chi connectivity index (χ3v) is 3.59. The normalized spacial score (nSPS) is 11.0. The summed E-state index contributed by atoms with van der Waals surface area (Å²) in [5.74, 6) is 0.0371. The molecule has 0 amide bonds. The Morgan fingerprint density at radius 2 is 1.95 bits per heavy atom. The topological polar surface area (TPSA) is 78.7 Å². The Labute approximate surface area is 131 Å². The lowest BCUT2D eigenvalue weighted by molar-refractivity contribution is 0.706. The van der Waals surface area contributed by atoms with E-state index in [1.165, 1.54) is 9.13 Å². The number of nitrogens with zero attached hydrogens (tertiary/aromatic N) is 4. The zero-order chi connectivity index (χ0) is 15.7. The molecule has 7 heteroatoms. The maximum atomic E-state index is 12.7. The Morgan fingerprint density at radius 3 is 2.64 bits per heavy atom. The van der Waals surface area contributed by atoms with E-state index >= 15 is 0 Å². The predicted molar refractivity (Wildman–Crippen MR) is 87.0 cm³/mol. The molecular formula is C15H14ClN5O. The molecule has 0 atom stereocenters. The first kappa shape index (κ1) is 14.3. The van der Waals surface area contributed by atoms with Crippen LogP contribution < -0.4 is 11.4 Å². The number of benzene rings is 1. The Kier molecular flexibility index (Phi) is 3.68. The SMILES string of the molecule is C=CCn1c(=O)n(Cc2ccccc2)c2nc(N)nc(Cl)c21. The number of aromatic nitrogens is 4. The minimum Gasteiger partial charge on any atom is -0.368 e. The van der Waals surface area contributed by atoms with Crippen molar-refractivity contribution in [1.82, 2.24) is 19.1 Å². The third-order valence-electron chi connectivity index (χ3n) is 3.32. The summed E-state index contributed by atoms with van der Waals surface area (Å²) in [5.41, 5.74) is 7.32. The van der Waals surface area contributed by atoms with Crippen molar-refractivity contribution in [1.29, 1.82) is 0 Å². The van der Waals surface area contributed by atoms with Gasteiger partial charge in [0.2, 0.25) is 5.95 Å². The summed E-state index contributed by atoms with van der Waals surface area (Å²) < 4.78 is 3.03. The highest BCUT2D eigenvalue weighted by molar-refractivity contribution is 6.33. The average Bonchev–Trinajstić information content (AvgIpc) is 2.74. The fraction of sp³-hybridized carbons (Fsp3) is 0.133. The minimum absolute atomic E-state index is 0.0371. The highest BCUT2D eigenvalue weighted by Gasteiger charge is 2.18. The molecule has 2 heterocycles. The van der Waals surface area contributed by atoms with Crippen LogP contribution in [0.3, 0.4) is 0 Å². The van der Waals surface area contributed by atoms with Crippen molar-refractivity contribution in [2.75, 3.05) is 5.73 Å². The van der Waals surface area contributed by atoms with Gasteiger partial charge in [-0.15, -0.1) is 6.58 Å². The van der Waals surface area contributed by atoms with Crippen LogP contribution in [-0.4, -0.2) is 19.1 Å². The molecule has 3 rings (SSSR count). The maximum Gasteiger partial charge on any atom is 0.331 e. The van der Waals surface area contributed by atoms with Gasteiger partial charge >= 0.3 is 5.69 Å². The van der Waals surface area contributed by atoms with Crippen LogP contribution in [0.15, 0.2) is 47.8 Å². The van der Waals surface area contributed by atoms with Crippen molar-refractivity contribution in [2.24, 2.45) is 0 Å². The summed E-state index contributed by atoms with van der Waals surface area (Å²) in [6, 6.07) is 9.63. The molecule has 0 fully saturated rings. The second kappa shape index (κ2) is 5.65. The smallest absolute Gasteiger partial charge is 0.331 e. The van der Waals surface area contributed by atoms with Gasteiger partial charge < -0.3 is 5.73 Å². The quantitative estimate of drug-likeness (QED) is 0.590. The van der Waals surface area contributed by atoms with Crippen molar-refractivity contribution in [3.05, 3.63) is 64.2 Å². The van der Waals surface area contributed by atoms with E-state index in [1.54, 1.807) is 6.08 Å². The van der Waals surface area contributed by atoms with Crippen LogP contribution in [0.1, 0.15) is 5.56 Å². The molecule has 22 heavy (non-hydrogen) atoms. The van der Waals surface area contributed by atoms with Crippen LogP contribution >= 0.6 is 11.6 Å². The minimum atomic E-state index is -0.222. The monoisotopic (exact) mass is 315 g/mol. The molecule has 0 saturated carbocycles. The Balaban J connectivity index is 2.27. The van der Waals surface area contributed by atoms with E-state index in [2.05, 4.69) is 16.5 Å². The summed E-state index contributed by atoms with van der Waals surface area (Å²) in [6.45, 7) is 4.37. The van der Waals surface area contributed by atoms with Gasteiger partial charge in [-0.25, -0.2) is 4.79 Å². The molecule has 112 valence electrons. The number of hydrogen-bond donors (Lipinski definition) is 1. The van der Waals surface area contributed by atoms with Crippen LogP contribution in [0.25, 0.3) is 11.2 Å². The number of rotatable bonds is 4. The van der Waals surface area contributed by atoms with E-state index in [4.69, 9.17) is 17.3 Å². The highest BCUT2D eigenvalue weighted by atomic mass is 35.5. The van der Waals surface area contributed by atoms with Gasteiger partial charge in [0, 0.05) is 6.54 Å². The molecule has 0 radical (unpaired) electrons. The summed E-state index contributed by atoms with van der Waals surface area (Å²) in [6.07, 6.45) is 1.63.